The minimum Gasteiger partial charge on any atom is -0.395 e. The first-order valence-electron chi connectivity index (χ1n) is 8.63. The summed E-state index contributed by atoms with van der Waals surface area (Å²) in [4.78, 5) is 0. The van der Waals surface area contributed by atoms with E-state index in [2.05, 4.69) is 25.4 Å². The topological polar surface area (TPSA) is 32.3 Å². The SMILES string of the molecule is CCCCCCCCCCCCNC(C)C(CO)SC. The normalized spacial score (nSPS) is 14.4. The van der Waals surface area contributed by atoms with E-state index in [-0.39, 0.29) is 6.61 Å². The summed E-state index contributed by atoms with van der Waals surface area (Å²) in [5, 5.41) is 13.1. The lowest BCUT2D eigenvalue weighted by Gasteiger charge is -2.21. The molecule has 2 unspecified atom stereocenters. The predicted octanol–water partition coefficient (Wildman–Crippen LogP) is 4.61. The van der Waals surface area contributed by atoms with Crippen molar-refractivity contribution >= 4 is 11.8 Å². The Morgan fingerprint density at radius 1 is 0.900 bits per heavy atom. The van der Waals surface area contributed by atoms with Gasteiger partial charge in [0, 0.05) is 11.3 Å². The van der Waals surface area contributed by atoms with Crippen molar-refractivity contribution in [3.8, 4) is 0 Å². The summed E-state index contributed by atoms with van der Waals surface area (Å²) in [7, 11) is 0. The van der Waals surface area contributed by atoms with Gasteiger partial charge in [-0.15, -0.1) is 0 Å². The largest absolute Gasteiger partial charge is 0.395 e. The van der Waals surface area contributed by atoms with Gasteiger partial charge < -0.3 is 10.4 Å². The van der Waals surface area contributed by atoms with Gasteiger partial charge in [-0.2, -0.15) is 11.8 Å². The Hall–Kier alpha value is 0.270. The molecule has 0 aromatic rings. The van der Waals surface area contributed by atoms with Crippen molar-refractivity contribution in [1.29, 1.82) is 0 Å². The molecule has 0 saturated carbocycles. The van der Waals surface area contributed by atoms with Gasteiger partial charge in [0.15, 0.2) is 0 Å². The molecule has 2 atom stereocenters. The van der Waals surface area contributed by atoms with Gasteiger partial charge in [-0.25, -0.2) is 0 Å². The maximum absolute atomic E-state index is 9.21. The third-order valence-electron chi connectivity index (χ3n) is 4.04. The zero-order valence-electron chi connectivity index (χ0n) is 14.0. The number of unbranched alkanes of at least 4 members (excludes halogenated alkanes) is 9. The van der Waals surface area contributed by atoms with Crippen molar-refractivity contribution in [2.24, 2.45) is 0 Å². The molecule has 0 bridgehead atoms. The van der Waals surface area contributed by atoms with E-state index in [9.17, 15) is 5.11 Å². The van der Waals surface area contributed by atoms with Gasteiger partial charge in [-0.1, -0.05) is 64.7 Å². The molecule has 3 heteroatoms. The minimum atomic E-state index is 0.271. The summed E-state index contributed by atoms with van der Waals surface area (Å²) < 4.78 is 0. The molecular formula is C17H37NOS. The molecule has 2 nitrogen and oxygen atoms in total. The Labute approximate surface area is 131 Å². The van der Waals surface area contributed by atoms with Crippen LogP contribution in [0.2, 0.25) is 0 Å². The average molecular weight is 304 g/mol. The lowest BCUT2D eigenvalue weighted by molar-refractivity contribution is 0.276. The fourth-order valence-corrected chi connectivity index (χ4v) is 3.16. The van der Waals surface area contributed by atoms with Gasteiger partial charge in [-0.3, -0.25) is 0 Å². The predicted molar refractivity (Wildman–Crippen MR) is 93.7 cm³/mol. The second kappa shape index (κ2) is 15.7. The molecule has 0 heterocycles. The zero-order chi connectivity index (χ0) is 15.1. The van der Waals surface area contributed by atoms with E-state index in [1.54, 1.807) is 11.8 Å². The highest BCUT2D eigenvalue weighted by Gasteiger charge is 2.13. The number of hydrogen-bond donors (Lipinski definition) is 2. The third-order valence-corrected chi connectivity index (χ3v) is 5.20. The smallest absolute Gasteiger partial charge is 0.0564 e. The summed E-state index contributed by atoms with van der Waals surface area (Å²) in [5.41, 5.74) is 0. The second-order valence-corrected chi connectivity index (χ2v) is 6.96. The lowest BCUT2D eigenvalue weighted by atomic mass is 10.1. The molecule has 0 saturated heterocycles. The maximum atomic E-state index is 9.21. The van der Waals surface area contributed by atoms with E-state index in [0.29, 0.717) is 11.3 Å². The van der Waals surface area contributed by atoms with E-state index in [4.69, 9.17) is 0 Å². The van der Waals surface area contributed by atoms with Crippen LogP contribution in [-0.2, 0) is 0 Å². The highest BCUT2D eigenvalue weighted by atomic mass is 32.2. The Kier molecular flexibility index (Phi) is 15.9. The van der Waals surface area contributed by atoms with Gasteiger partial charge in [0.25, 0.3) is 0 Å². The van der Waals surface area contributed by atoms with Crippen molar-refractivity contribution in [3.05, 3.63) is 0 Å². The van der Waals surface area contributed by atoms with E-state index in [1.807, 2.05) is 0 Å². The van der Waals surface area contributed by atoms with Crippen molar-refractivity contribution in [2.75, 3.05) is 19.4 Å². The van der Waals surface area contributed by atoms with Crippen LogP contribution >= 0.6 is 11.8 Å². The molecule has 0 rings (SSSR count). The van der Waals surface area contributed by atoms with Crippen molar-refractivity contribution < 1.29 is 5.11 Å². The lowest BCUT2D eigenvalue weighted by Crippen LogP contribution is -2.37. The Morgan fingerprint density at radius 2 is 1.40 bits per heavy atom. The van der Waals surface area contributed by atoms with Gasteiger partial charge in [-0.05, 0) is 26.1 Å². The summed E-state index contributed by atoms with van der Waals surface area (Å²) >= 11 is 1.75. The van der Waals surface area contributed by atoms with Crippen LogP contribution in [-0.4, -0.2) is 35.8 Å². The van der Waals surface area contributed by atoms with Crippen LogP contribution in [0, 0.1) is 0 Å². The number of thioether (sulfide) groups is 1. The molecular weight excluding hydrogens is 266 g/mol. The van der Waals surface area contributed by atoms with Crippen molar-refractivity contribution in [3.63, 3.8) is 0 Å². The molecule has 0 radical (unpaired) electrons. The highest BCUT2D eigenvalue weighted by Crippen LogP contribution is 2.12. The van der Waals surface area contributed by atoms with Crippen LogP contribution in [0.15, 0.2) is 0 Å². The van der Waals surface area contributed by atoms with E-state index in [0.717, 1.165) is 6.54 Å². The molecule has 0 aromatic carbocycles. The van der Waals surface area contributed by atoms with Gasteiger partial charge >= 0.3 is 0 Å². The first kappa shape index (κ1) is 20.3. The summed E-state index contributed by atoms with van der Waals surface area (Å²) in [6.45, 7) is 5.81. The Balaban J connectivity index is 3.20. The highest BCUT2D eigenvalue weighted by molar-refractivity contribution is 7.99. The average Bonchev–Trinajstić information content (AvgIpc) is 2.46. The fourth-order valence-electron chi connectivity index (χ4n) is 2.51. The van der Waals surface area contributed by atoms with E-state index in [1.165, 1.54) is 64.2 Å². The van der Waals surface area contributed by atoms with Crippen LogP contribution in [0.5, 0.6) is 0 Å². The number of aliphatic hydroxyl groups excluding tert-OH is 1. The van der Waals surface area contributed by atoms with Gasteiger partial charge in [0.05, 0.1) is 6.61 Å². The Bertz CT molecular complexity index is 186. The van der Waals surface area contributed by atoms with Crippen LogP contribution in [0.1, 0.15) is 78.1 Å². The summed E-state index contributed by atoms with van der Waals surface area (Å²) in [6, 6.07) is 0.411. The van der Waals surface area contributed by atoms with Crippen LogP contribution in [0.3, 0.4) is 0 Å². The standard InChI is InChI=1S/C17H37NOS/c1-4-5-6-7-8-9-10-11-12-13-14-18-16(2)17(15-19)20-3/h16-19H,4-15H2,1-3H3. The maximum Gasteiger partial charge on any atom is 0.0564 e. The molecule has 122 valence electrons. The fraction of sp³-hybridized carbons (Fsp3) is 1.00. The molecule has 2 N–H and O–H groups in total. The molecule has 20 heavy (non-hydrogen) atoms. The molecule has 0 fully saturated rings. The molecule has 0 amide bonds. The summed E-state index contributed by atoms with van der Waals surface area (Å²) in [5.74, 6) is 0. The monoisotopic (exact) mass is 303 g/mol. The summed E-state index contributed by atoms with van der Waals surface area (Å²) in [6.07, 6.45) is 16.0. The molecule has 0 aromatic heterocycles. The van der Waals surface area contributed by atoms with E-state index < -0.39 is 0 Å². The molecule has 0 aliphatic carbocycles. The minimum absolute atomic E-state index is 0.271. The van der Waals surface area contributed by atoms with Crippen LogP contribution in [0.4, 0.5) is 0 Å². The number of aliphatic hydroxyl groups is 1. The first-order valence-corrected chi connectivity index (χ1v) is 9.92. The number of hydrogen-bond acceptors (Lipinski definition) is 3. The van der Waals surface area contributed by atoms with Crippen LogP contribution in [0.25, 0.3) is 0 Å². The van der Waals surface area contributed by atoms with Crippen molar-refractivity contribution in [1.82, 2.24) is 5.32 Å². The van der Waals surface area contributed by atoms with Crippen molar-refractivity contribution in [2.45, 2.75) is 89.3 Å². The molecule has 0 aliphatic heterocycles. The number of nitrogens with one attached hydrogen (secondary N) is 1. The Morgan fingerprint density at radius 3 is 1.85 bits per heavy atom. The second-order valence-electron chi connectivity index (χ2n) is 5.88. The quantitative estimate of drug-likeness (QED) is 0.433. The third kappa shape index (κ3) is 12.0. The van der Waals surface area contributed by atoms with Crippen LogP contribution < -0.4 is 5.32 Å². The number of rotatable bonds is 15. The molecule has 0 aliphatic rings. The zero-order valence-corrected chi connectivity index (χ0v) is 14.8. The molecule has 0 spiro atoms. The first-order chi connectivity index (χ1) is 9.76. The van der Waals surface area contributed by atoms with Gasteiger partial charge in [0.1, 0.15) is 0 Å². The van der Waals surface area contributed by atoms with Gasteiger partial charge in [0.2, 0.25) is 0 Å². The van der Waals surface area contributed by atoms with E-state index >= 15 is 0 Å².